The molecule has 21 heavy (non-hydrogen) atoms. The van der Waals surface area contributed by atoms with Crippen LogP contribution >= 0.6 is 0 Å². The summed E-state index contributed by atoms with van der Waals surface area (Å²) in [4.78, 5) is 13.6. The molecule has 2 aromatic rings. The largest absolute Gasteiger partial charge is 0.478 e. The molecule has 1 saturated heterocycles. The zero-order chi connectivity index (χ0) is 14.8. The van der Waals surface area contributed by atoms with Gasteiger partial charge in [0.05, 0.1) is 5.56 Å². The molecule has 0 radical (unpaired) electrons. The van der Waals surface area contributed by atoms with Gasteiger partial charge >= 0.3 is 5.97 Å². The van der Waals surface area contributed by atoms with Crippen molar-refractivity contribution in [3.63, 3.8) is 0 Å². The van der Waals surface area contributed by atoms with Crippen molar-refractivity contribution in [2.24, 2.45) is 5.92 Å². The maximum absolute atomic E-state index is 11.3. The molecule has 4 heteroatoms. The van der Waals surface area contributed by atoms with Gasteiger partial charge in [0.25, 0.3) is 0 Å². The van der Waals surface area contributed by atoms with E-state index in [1.54, 1.807) is 6.07 Å². The van der Waals surface area contributed by atoms with E-state index in [1.807, 2.05) is 30.3 Å². The number of anilines is 1. The lowest BCUT2D eigenvalue weighted by molar-refractivity contribution is 0.0699. The van der Waals surface area contributed by atoms with Gasteiger partial charge < -0.3 is 15.3 Å². The van der Waals surface area contributed by atoms with Crippen LogP contribution in [-0.2, 0) is 0 Å². The molecule has 3 rings (SSSR count). The third kappa shape index (κ3) is 2.85. The van der Waals surface area contributed by atoms with Crippen LogP contribution in [0.4, 0.5) is 5.69 Å². The number of likely N-dealkylation sites (tertiary alicyclic amines) is 1. The molecule has 4 nitrogen and oxygen atoms in total. The zero-order valence-corrected chi connectivity index (χ0v) is 12.2. The van der Waals surface area contributed by atoms with Gasteiger partial charge in [-0.25, -0.2) is 4.79 Å². The first kappa shape index (κ1) is 13.9. The average molecular weight is 284 g/mol. The number of fused-ring (bicyclic) bond motifs is 1. The highest BCUT2D eigenvalue weighted by atomic mass is 16.4. The summed E-state index contributed by atoms with van der Waals surface area (Å²) in [7, 11) is 2.15. The second kappa shape index (κ2) is 5.74. The first-order chi connectivity index (χ1) is 10.1. The number of nitrogens with one attached hydrogen (secondary N) is 1. The number of nitrogens with zero attached hydrogens (tertiary/aromatic N) is 1. The van der Waals surface area contributed by atoms with Gasteiger partial charge in [-0.05, 0) is 43.5 Å². The molecule has 0 aromatic heterocycles. The zero-order valence-electron chi connectivity index (χ0n) is 12.2. The maximum Gasteiger partial charge on any atom is 0.336 e. The molecule has 1 atom stereocenters. The molecule has 2 aromatic carbocycles. The lowest BCUT2D eigenvalue weighted by Gasteiger charge is -2.15. The van der Waals surface area contributed by atoms with Crippen molar-refractivity contribution in [1.29, 1.82) is 0 Å². The Bertz CT molecular complexity index is 669. The van der Waals surface area contributed by atoms with Gasteiger partial charge in [-0.1, -0.05) is 24.3 Å². The molecule has 1 heterocycles. The maximum atomic E-state index is 11.3. The van der Waals surface area contributed by atoms with Crippen molar-refractivity contribution in [1.82, 2.24) is 4.90 Å². The molecule has 1 aliphatic rings. The van der Waals surface area contributed by atoms with Crippen molar-refractivity contribution >= 4 is 22.4 Å². The predicted octanol–water partition coefficient (Wildman–Crippen LogP) is 2.90. The fourth-order valence-corrected chi connectivity index (χ4v) is 3.09. The molecule has 0 spiro atoms. The Labute approximate surface area is 124 Å². The van der Waals surface area contributed by atoms with E-state index >= 15 is 0 Å². The third-order valence-corrected chi connectivity index (χ3v) is 4.22. The van der Waals surface area contributed by atoms with Gasteiger partial charge in [-0.2, -0.15) is 0 Å². The molecule has 2 N–H and O–H groups in total. The van der Waals surface area contributed by atoms with Crippen molar-refractivity contribution < 1.29 is 9.90 Å². The van der Waals surface area contributed by atoms with Gasteiger partial charge in [0.2, 0.25) is 0 Å². The Kier molecular flexibility index (Phi) is 3.80. The molecule has 0 aliphatic carbocycles. The molecule has 0 bridgehead atoms. The Morgan fingerprint density at radius 1 is 1.29 bits per heavy atom. The van der Waals surface area contributed by atoms with Crippen LogP contribution in [0.1, 0.15) is 16.8 Å². The molecule has 1 aliphatic heterocycles. The van der Waals surface area contributed by atoms with Crippen LogP contribution in [0.15, 0.2) is 36.4 Å². The van der Waals surface area contributed by atoms with Crippen LogP contribution in [0.2, 0.25) is 0 Å². The van der Waals surface area contributed by atoms with E-state index in [4.69, 9.17) is 0 Å². The summed E-state index contributed by atoms with van der Waals surface area (Å²) < 4.78 is 0. The van der Waals surface area contributed by atoms with Gasteiger partial charge in [0, 0.05) is 24.2 Å². The minimum atomic E-state index is -0.879. The van der Waals surface area contributed by atoms with Gasteiger partial charge in [0.15, 0.2) is 0 Å². The van der Waals surface area contributed by atoms with E-state index < -0.39 is 5.97 Å². The number of aromatic carboxylic acids is 1. The summed E-state index contributed by atoms with van der Waals surface area (Å²) in [5.74, 6) is -0.219. The van der Waals surface area contributed by atoms with E-state index in [9.17, 15) is 9.90 Å². The van der Waals surface area contributed by atoms with Crippen molar-refractivity contribution in [3.05, 3.63) is 42.0 Å². The highest BCUT2D eigenvalue weighted by Gasteiger charge is 2.19. The lowest BCUT2D eigenvalue weighted by Crippen LogP contribution is -2.19. The standard InChI is InChI=1S/C17H20N2O2/c1-19-9-8-12(11-19)10-18-16-7-6-15(17(20)21)13-4-2-3-5-14(13)16/h2-7,12,18H,8-11H2,1H3,(H,20,21). The van der Waals surface area contributed by atoms with Crippen molar-refractivity contribution in [3.8, 4) is 0 Å². The lowest BCUT2D eigenvalue weighted by atomic mass is 10.0. The monoisotopic (exact) mass is 284 g/mol. The van der Waals surface area contributed by atoms with Crippen molar-refractivity contribution in [2.75, 3.05) is 32.0 Å². The summed E-state index contributed by atoms with van der Waals surface area (Å²) in [6.45, 7) is 3.21. The second-order valence-electron chi connectivity index (χ2n) is 5.81. The minimum absolute atomic E-state index is 0.358. The number of benzene rings is 2. The quantitative estimate of drug-likeness (QED) is 0.906. The van der Waals surface area contributed by atoms with Crippen molar-refractivity contribution in [2.45, 2.75) is 6.42 Å². The summed E-state index contributed by atoms with van der Waals surface area (Å²) in [6.07, 6.45) is 1.22. The number of hydrogen-bond donors (Lipinski definition) is 2. The summed E-state index contributed by atoms with van der Waals surface area (Å²) in [5.41, 5.74) is 1.38. The first-order valence-corrected chi connectivity index (χ1v) is 7.32. The topological polar surface area (TPSA) is 52.6 Å². The number of hydrogen-bond acceptors (Lipinski definition) is 3. The van der Waals surface area contributed by atoms with E-state index in [-0.39, 0.29) is 0 Å². The molecule has 0 saturated carbocycles. The highest BCUT2D eigenvalue weighted by molar-refractivity contribution is 6.07. The van der Waals surface area contributed by atoms with Crippen LogP contribution in [0.25, 0.3) is 10.8 Å². The smallest absolute Gasteiger partial charge is 0.336 e. The van der Waals surface area contributed by atoms with E-state index in [2.05, 4.69) is 17.3 Å². The van der Waals surface area contributed by atoms with Gasteiger partial charge in [-0.3, -0.25) is 0 Å². The normalized spacial score (nSPS) is 19.0. The van der Waals surface area contributed by atoms with Crippen LogP contribution in [-0.4, -0.2) is 42.7 Å². The Morgan fingerprint density at radius 2 is 2.05 bits per heavy atom. The summed E-state index contributed by atoms with van der Waals surface area (Å²) >= 11 is 0. The molecular weight excluding hydrogens is 264 g/mol. The minimum Gasteiger partial charge on any atom is -0.478 e. The van der Waals surface area contributed by atoms with Crippen LogP contribution in [0.5, 0.6) is 0 Å². The fourth-order valence-electron chi connectivity index (χ4n) is 3.09. The molecule has 110 valence electrons. The van der Waals surface area contributed by atoms with Gasteiger partial charge in [-0.15, -0.1) is 0 Å². The summed E-state index contributed by atoms with van der Waals surface area (Å²) in [6, 6.07) is 11.2. The molecule has 0 amide bonds. The van der Waals surface area contributed by atoms with Gasteiger partial charge in [0.1, 0.15) is 0 Å². The number of rotatable bonds is 4. The highest BCUT2D eigenvalue weighted by Crippen LogP contribution is 2.27. The fraction of sp³-hybridized carbons (Fsp3) is 0.353. The Balaban J connectivity index is 1.86. The predicted molar refractivity (Wildman–Crippen MR) is 85.0 cm³/mol. The third-order valence-electron chi connectivity index (χ3n) is 4.22. The number of carbonyl (C=O) groups is 1. The molecule has 1 fully saturated rings. The SMILES string of the molecule is CN1CCC(CNc2ccc(C(=O)O)c3ccccc23)C1. The Hall–Kier alpha value is -2.07. The van der Waals surface area contributed by atoms with Crippen LogP contribution in [0.3, 0.4) is 0 Å². The van der Waals surface area contributed by atoms with E-state index in [0.717, 1.165) is 36.1 Å². The number of carboxylic acid groups (broad SMARTS) is 1. The first-order valence-electron chi connectivity index (χ1n) is 7.32. The molecule has 1 unspecified atom stereocenters. The summed E-state index contributed by atoms with van der Waals surface area (Å²) in [5, 5.41) is 14.5. The van der Waals surface area contributed by atoms with E-state index in [0.29, 0.717) is 11.5 Å². The second-order valence-corrected chi connectivity index (χ2v) is 5.81. The van der Waals surface area contributed by atoms with Crippen LogP contribution in [0, 0.1) is 5.92 Å². The number of carboxylic acids is 1. The molecular formula is C17H20N2O2. The van der Waals surface area contributed by atoms with Crippen LogP contribution < -0.4 is 5.32 Å². The Morgan fingerprint density at radius 3 is 2.71 bits per heavy atom. The van der Waals surface area contributed by atoms with E-state index in [1.165, 1.54) is 6.42 Å². The average Bonchev–Trinajstić information content (AvgIpc) is 2.90.